The SMILES string of the molecule is COc1ncc(C#Cc2c(C)ncnc2N2CCOCC2)cc1NSc1ccccc1C(F)(F)F. The molecule has 0 unspecified atom stereocenters. The highest BCUT2D eigenvalue weighted by Gasteiger charge is 2.33. The Kier molecular flexibility index (Phi) is 7.63. The van der Waals surface area contributed by atoms with Gasteiger partial charge >= 0.3 is 6.18 Å². The van der Waals surface area contributed by atoms with Crippen molar-refractivity contribution >= 4 is 23.5 Å². The summed E-state index contributed by atoms with van der Waals surface area (Å²) in [5, 5.41) is 0. The number of nitrogens with one attached hydrogen (secondary N) is 1. The van der Waals surface area contributed by atoms with Gasteiger partial charge in [-0.05, 0) is 37.1 Å². The lowest BCUT2D eigenvalue weighted by atomic mass is 10.2. The molecule has 0 bridgehead atoms. The molecule has 0 atom stereocenters. The number of aryl methyl sites for hydroxylation is 1. The lowest BCUT2D eigenvalue weighted by molar-refractivity contribution is -0.139. The first-order chi connectivity index (χ1) is 16.9. The molecule has 3 heterocycles. The number of aromatic nitrogens is 3. The van der Waals surface area contributed by atoms with E-state index in [1.165, 1.54) is 25.6 Å². The van der Waals surface area contributed by atoms with Crippen molar-refractivity contribution in [2.45, 2.75) is 18.0 Å². The molecule has 11 heteroatoms. The Hall–Kier alpha value is -3.49. The minimum atomic E-state index is -4.46. The average Bonchev–Trinajstić information content (AvgIpc) is 2.87. The van der Waals surface area contributed by atoms with Crippen LogP contribution in [0.1, 0.15) is 22.4 Å². The normalized spacial score (nSPS) is 13.7. The lowest BCUT2D eigenvalue weighted by Crippen LogP contribution is -2.37. The third kappa shape index (κ3) is 5.96. The zero-order chi connectivity index (χ0) is 24.8. The number of morpholine rings is 1. The second-order valence-electron chi connectivity index (χ2n) is 7.49. The van der Waals surface area contributed by atoms with Crippen molar-refractivity contribution in [1.82, 2.24) is 15.0 Å². The van der Waals surface area contributed by atoms with Crippen LogP contribution in [0.3, 0.4) is 0 Å². The van der Waals surface area contributed by atoms with Crippen molar-refractivity contribution in [1.29, 1.82) is 0 Å². The number of ether oxygens (including phenoxy) is 2. The van der Waals surface area contributed by atoms with Crippen molar-refractivity contribution < 1.29 is 22.6 Å². The number of methoxy groups -OCH3 is 1. The summed E-state index contributed by atoms with van der Waals surface area (Å²) in [5.41, 5.74) is 1.67. The molecule has 2 aromatic heterocycles. The molecule has 35 heavy (non-hydrogen) atoms. The van der Waals surface area contributed by atoms with Gasteiger partial charge in [0.15, 0.2) is 0 Å². The number of halogens is 3. The smallest absolute Gasteiger partial charge is 0.417 e. The molecule has 3 aromatic rings. The van der Waals surface area contributed by atoms with Crippen molar-refractivity contribution in [3.63, 3.8) is 0 Å². The number of nitrogens with zero attached hydrogens (tertiary/aromatic N) is 4. The summed E-state index contributed by atoms with van der Waals surface area (Å²) in [6.07, 6.45) is -1.41. The maximum absolute atomic E-state index is 13.3. The topological polar surface area (TPSA) is 72.4 Å². The van der Waals surface area contributed by atoms with Crippen molar-refractivity contribution in [3.8, 4) is 17.7 Å². The maximum Gasteiger partial charge on any atom is 0.417 e. The van der Waals surface area contributed by atoms with Gasteiger partial charge in [-0.15, -0.1) is 0 Å². The summed E-state index contributed by atoms with van der Waals surface area (Å²) < 4.78 is 53.6. The number of hydrogen-bond donors (Lipinski definition) is 1. The monoisotopic (exact) mass is 501 g/mol. The van der Waals surface area contributed by atoms with Gasteiger partial charge in [0, 0.05) is 29.7 Å². The third-order valence-corrected chi connectivity index (χ3v) is 6.07. The number of pyridine rings is 1. The summed E-state index contributed by atoms with van der Waals surface area (Å²) in [5.74, 6) is 7.19. The summed E-state index contributed by atoms with van der Waals surface area (Å²) in [4.78, 5) is 15.1. The largest absolute Gasteiger partial charge is 0.480 e. The van der Waals surface area contributed by atoms with E-state index in [1.54, 1.807) is 18.3 Å². The molecule has 0 aliphatic carbocycles. The van der Waals surface area contributed by atoms with Gasteiger partial charge in [-0.25, -0.2) is 15.0 Å². The molecule has 182 valence electrons. The van der Waals surface area contributed by atoms with Gasteiger partial charge in [0.2, 0.25) is 5.88 Å². The zero-order valence-corrected chi connectivity index (χ0v) is 19.8. The van der Waals surface area contributed by atoms with Crippen LogP contribution in [0.2, 0.25) is 0 Å². The van der Waals surface area contributed by atoms with Crippen LogP contribution in [0.5, 0.6) is 5.88 Å². The fraction of sp³-hybridized carbons (Fsp3) is 0.292. The second kappa shape index (κ2) is 10.8. The molecule has 1 N–H and O–H groups in total. The molecular weight excluding hydrogens is 479 g/mol. The second-order valence-corrected chi connectivity index (χ2v) is 8.33. The Bertz CT molecular complexity index is 1250. The molecule has 1 aromatic carbocycles. The van der Waals surface area contributed by atoms with Gasteiger partial charge in [-0.2, -0.15) is 13.2 Å². The van der Waals surface area contributed by atoms with Crippen LogP contribution in [0, 0.1) is 18.8 Å². The molecule has 1 aliphatic heterocycles. The van der Waals surface area contributed by atoms with E-state index in [0.29, 0.717) is 43.1 Å². The number of rotatable bonds is 5. The van der Waals surface area contributed by atoms with E-state index in [1.807, 2.05) is 6.92 Å². The maximum atomic E-state index is 13.3. The Balaban J connectivity index is 1.60. The highest BCUT2D eigenvalue weighted by atomic mass is 32.2. The van der Waals surface area contributed by atoms with Gasteiger partial charge in [-0.3, -0.25) is 0 Å². The van der Waals surface area contributed by atoms with Gasteiger partial charge in [-0.1, -0.05) is 24.0 Å². The standard InChI is InChI=1S/C24H22F3N5O2S/c1-16-18(22(30-15-29-16)32-9-11-34-12-10-32)8-7-17-13-20(23(33-2)28-14-17)31-35-21-6-4-3-5-19(21)24(25,26)27/h3-6,13-15,31H,9-12H2,1-2H3. The van der Waals surface area contributed by atoms with Crippen molar-refractivity contribution in [2.75, 3.05) is 43.0 Å². The van der Waals surface area contributed by atoms with E-state index in [-0.39, 0.29) is 10.8 Å². The number of alkyl halides is 3. The number of anilines is 2. The predicted octanol–water partition coefficient (Wildman–Crippen LogP) is 4.56. The van der Waals surface area contributed by atoms with E-state index in [2.05, 4.69) is 36.4 Å². The summed E-state index contributed by atoms with van der Waals surface area (Å²) in [6.45, 7) is 4.51. The van der Waals surface area contributed by atoms with Crippen LogP contribution in [-0.2, 0) is 10.9 Å². The Morgan fingerprint density at radius 1 is 1.11 bits per heavy atom. The first-order valence-electron chi connectivity index (χ1n) is 10.7. The van der Waals surface area contributed by atoms with Crippen LogP contribution >= 0.6 is 11.9 Å². The van der Waals surface area contributed by atoms with Crippen molar-refractivity contribution in [3.05, 3.63) is 65.2 Å². The molecule has 0 saturated carbocycles. The fourth-order valence-electron chi connectivity index (χ4n) is 3.41. The molecule has 0 radical (unpaired) electrons. The summed E-state index contributed by atoms with van der Waals surface area (Å²) in [7, 11) is 1.44. The lowest BCUT2D eigenvalue weighted by Gasteiger charge is -2.28. The summed E-state index contributed by atoms with van der Waals surface area (Å²) in [6, 6.07) is 7.02. The minimum Gasteiger partial charge on any atom is -0.480 e. The van der Waals surface area contributed by atoms with Gasteiger partial charge in [0.25, 0.3) is 0 Å². The molecule has 4 rings (SSSR count). The molecule has 0 amide bonds. The summed E-state index contributed by atoms with van der Waals surface area (Å²) >= 11 is 0.827. The van der Waals surface area contributed by atoms with Crippen LogP contribution in [-0.4, -0.2) is 48.4 Å². The van der Waals surface area contributed by atoms with E-state index in [0.717, 1.165) is 29.5 Å². The van der Waals surface area contributed by atoms with E-state index in [9.17, 15) is 13.2 Å². The fourth-order valence-corrected chi connectivity index (χ4v) is 4.22. The number of hydrogen-bond acceptors (Lipinski definition) is 8. The van der Waals surface area contributed by atoms with E-state index in [4.69, 9.17) is 9.47 Å². The highest BCUT2D eigenvalue weighted by molar-refractivity contribution is 8.00. The Morgan fingerprint density at radius 3 is 2.63 bits per heavy atom. The molecule has 7 nitrogen and oxygen atoms in total. The molecular formula is C24H22F3N5O2S. The Labute approximate surface area is 205 Å². The van der Waals surface area contributed by atoms with E-state index >= 15 is 0 Å². The van der Waals surface area contributed by atoms with Gasteiger partial charge < -0.3 is 19.1 Å². The van der Waals surface area contributed by atoms with Crippen LogP contribution < -0.4 is 14.4 Å². The van der Waals surface area contributed by atoms with Crippen LogP contribution in [0.25, 0.3) is 0 Å². The van der Waals surface area contributed by atoms with Crippen molar-refractivity contribution in [2.24, 2.45) is 0 Å². The van der Waals surface area contributed by atoms with Gasteiger partial charge in [0.05, 0.1) is 37.1 Å². The molecule has 1 saturated heterocycles. The van der Waals surface area contributed by atoms with E-state index < -0.39 is 11.7 Å². The van der Waals surface area contributed by atoms with Crippen LogP contribution in [0.4, 0.5) is 24.7 Å². The molecule has 0 spiro atoms. The molecule has 1 aliphatic rings. The zero-order valence-electron chi connectivity index (χ0n) is 19.0. The highest BCUT2D eigenvalue weighted by Crippen LogP contribution is 2.37. The first kappa shape index (κ1) is 24.6. The quantitative estimate of drug-likeness (QED) is 0.403. The predicted molar refractivity (Wildman–Crippen MR) is 127 cm³/mol. The van der Waals surface area contributed by atoms with Crippen LogP contribution in [0.15, 0.2) is 47.8 Å². The minimum absolute atomic E-state index is 0.0331. The molecule has 1 fully saturated rings. The Morgan fingerprint density at radius 2 is 1.89 bits per heavy atom. The third-order valence-electron chi connectivity index (χ3n) is 5.17. The van der Waals surface area contributed by atoms with Gasteiger partial charge in [0.1, 0.15) is 17.8 Å². The first-order valence-corrected chi connectivity index (χ1v) is 11.5. The number of benzene rings is 1. The average molecular weight is 502 g/mol.